The van der Waals surface area contributed by atoms with E-state index in [1.165, 1.54) is 17.0 Å². The molecule has 4 nitrogen and oxygen atoms in total. The van der Waals surface area contributed by atoms with E-state index >= 15 is 0 Å². The summed E-state index contributed by atoms with van der Waals surface area (Å²) in [6.07, 6.45) is 2.47. The fourth-order valence-corrected chi connectivity index (χ4v) is 3.48. The van der Waals surface area contributed by atoms with Gasteiger partial charge in [-0.05, 0) is 36.5 Å². The summed E-state index contributed by atoms with van der Waals surface area (Å²) in [5.41, 5.74) is 1.45. The molecule has 132 valence electrons. The summed E-state index contributed by atoms with van der Waals surface area (Å²) >= 11 is 0. The van der Waals surface area contributed by atoms with Crippen LogP contribution in [0.2, 0.25) is 0 Å². The van der Waals surface area contributed by atoms with Crippen LogP contribution in [0.3, 0.4) is 0 Å². The van der Waals surface area contributed by atoms with Crippen LogP contribution in [-0.4, -0.2) is 24.0 Å². The molecular weight excluding hydrogens is 314 g/mol. The van der Waals surface area contributed by atoms with Crippen molar-refractivity contribution in [3.63, 3.8) is 0 Å². The largest absolute Gasteiger partial charge is 0.872 e. The highest BCUT2D eigenvalue weighted by molar-refractivity contribution is 6.00. The highest BCUT2D eigenvalue weighted by Gasteiger charge is 2.21. The topological polar surface area (TPSA) is 64.8 Å². The molecular formula is C21H25NO3. The van der Waals surface area contributed by atoms with E-state index in [1.807, 2.05) is 30.3 Å². The Hall–Kier alpha value is -2.33. The number of piperidine rings is 1. The van der Waals surface area contributed by atoms with Crippen molar-refractivity contribution in [1.29, 1.82) is 0 Å². The Labute approximate surface area is 148 Å². The number of aromatic hydroxyl groups is 1. The fourth-order valence-electron chi connectivity index (χ4n) is 3.48. The number of carbonyl (C=O) groups is 1. The summed E-state index contributed by atoms with van der Waals surface area (Å²) in [6.45, 7) is 4.74. The second-order valence-corrected chi connectivity index (χ2v) is 7.13. The van der Waals surface area contributed by atoms with E-state index in [1.54, 1.807) is 0 Å². The molecule has 25 heavy (non-hydrogen) atoms. The van der Waals surface area contributed by atoms with Crippen LogP contribution >= 0.6 is 0 Å². The zero-order chi connectivity index (χ0) is 17.8. The maximum atomic E-state index is 12.8. The summed E-state index contributed by atoms with van der Waals surface area (Å²) in [4.78, 5) is 13.8. The normalized spacial score (nSPS) is 20.4. The molecule has 0 radical (unpaired) electrons. The number of hydrogen-bond donors (Lipinski definition) is 2. The molecule has 0 saturated carbocycles. The number of phenolic OH excluding ortho intramolecular Hbond substituents is 1. The average molecular weight is 339 g/mol. The lowest BCUT2D eigenvalue weighted by Crippen LogP contribution is -3.11. The predicted molar refractivity (Wildman–Crippen MR) is 94.8 cm³/mol. The lowest BCUT2D eigenvalue weighted by Gasteiger charge is -2.29. The van der Waals surface area contributed by atoms with Gasteiger partial charge in [-0.1, -0.05) is 43.0 Å². The number of quaternary nitrogens is 1. The maximum absolute atomic E-state index is 12.8. The van der Waals surface area contributed by atoms with Gasteiger partial charge < -0.3 is 15.1 Å². The molecule has 0 aliphatic carbocycles. The third kappa shape index (κ3) is 4.20. The van der Waals surface area contributed by atoms with E-state index in [0.29, 0.717) is 12.1 Å². The van der Waals surface area contributed by atoms with Gasteiger partial charge in [0.15, 0.2) is 5.78 Å². The van der Waals surface area contributed by atoms with Crippen LogP contribution < -0.4 is 10.0 Å². The van der Waals surface area contributed by atoms with E-state index in [2.05, 4.69) is 6.92 Å². The number of hydrogen-bond acceptors (Lipinski definition) is 3. The molecule has 1 saturated heterocycles. The van der Waals surface area contributed by atoms with Gasteiger partial charge in [-0.3, -0.25) is 4.79 Å². The van der Waals surface area contributed by atoms with Gasteiger partial charge in [-0.2, -0.15) is 0 Å². The predicted octanol–water partition coefficient (Wildman–Crippen LogP) is 1.71. The van der Waals surface area contributed by atoms with Crippen molar-refractivity contribution in [1.82, 2.24) is 0 Å². The molecule has 3 rings (SSSR count). The van der Waals surface area contributed by atoms with Crippen molar-refractivity contribution in [2.24, 2.45) is 5.92 Å². The van der Waals surface area contributed by atoms with Gasteiger partial charge in [0.05, 0.1) is 13.1 Å². The molecule has 0 bridgehead atoms. The second-order valence-electron chi connectivity index (χ2n) is 7.13. The minimum absolute atomic E-state index is 0.00684. The van der Waals surface area contributed by atoms with Gasteiger partial charge in [-0.15, -0.1) is 0 Å². The van der Waals surface area contributed by atoms with Gasteiger partial charge in [-0.25, -0.2) is 0 Å². The summed E-state index contributed by atoms with van der Waals surface area (Å²) in [5, 5.41) is 22.9. The number of likely N-dealkylation sites (tertiary alicyclic amines) is 1. The van der Waals surface area contributed by atoms with Crippen molar-refractivity contribution in [2.75, 3.05) is 13.1 Å². The Morgan fingerprint density at radius 2 is 1.84 bits per heavy atom. The zero-order valence-corrected chi connectivity index (χ0v) is 14.6. The van der Waals surface area contributed by atoms with E-state index in [-0.39, 0.29) is 29.3 Å². The molecule has 0 unspecified atom stereocenters. The Balaban J connectivity index is 1.78. The van der Waals surface area contributed by atoms with Gasteiger partial charge in [0.2, 0.25) is 0 Å². The quantitative estimate of drug-likeness (QED) is 0.815. The highest BCUT2D eigenvalue weighted by atomic mass is 16.3. The van der Waals surface area contributed by atoms with E-state index in [4.69, 9.17) is 0 Å². The Morgan fingerprint density at radius 1 is 1.16 bits per heavy atom. The molecule has 1 heterocycles. The van der Waals surface area contributed by atoms with E-state index in [9.17, 15) is 15.0 Å². The first-order chi connectivity index (χ1) is 12.0. The van der Waals surface area contributed by atoms with Gasteiger partial charge in [0.25, 0.3) is 0 Å². The third-order valence-corrected chi connectivity index (χ3v) is 5.15. The number of ketones is 1. The van der Waals surface area contributed by atoms with Crippen LogP contribution in [0.1, 0.15) is 41.3 Å². The highest BCUT2D eigenvalue weighted by Crippen LogP contribution is 2.29. The first-order valence-corrected chi connectivity index (χ1v) is 8.97. The van der Waals surface area contributed by atoms with Crippen LogP contribution in [0.4, 0.5) is 0 Å². The average Bonchev–Trinajstić information content (AvgIpc) is 2.61. The van der Waals surface area contributed by atoms with Crippen molar-refractivity contribution in [3.8, 4) is 11.5 Å². The van der Waals surface area contributed by atoms with Gasteiger partial charge in [0.1, 0.15) is 12.3 Å². The number of benzene rings is 2. The Kier molecular flexibility index (Phi) is 5.39. The number of rotatable bonds is 5. The van der Waals surface area contributed by atoms with Crippen LogP contribution in [-0.2, 0) is 13.0 Å². The molecule has 0 amide bonds. The summed E-state index contributed by atoms with van der Waals surface area (Å²) in [7, 11) is 0. The second kappa shape index (κ2) is 7.70. The minimum Gasteiger partial charge on any atom is -0.872 e. The lowest BCUT2D eigenvalue weighted by molar-refractivity contribution is -0.919. The number of nitrogens with one attached hydrogen (secondary N) is 1. The van der Waals surface area contributed by atoms with Crippen molar-refractivity contribution < 1.29 is 19.9 Å². The molecule has 0 aromatic heterocycles. The first kappa shape index (κ1) is 17.5. The van der Waals surface area contributed by atoms with E-state index in [0.717, 1.165) is 37.4 Å². The van der Waals surface area contributed by atoms with E-state index < -0.39 is 0 Å². The van der Waals surface area contributed by atoms with Gasteiger partial charge in [0, 0.05) is 17.5 Å². The molecule has 0 spiro atoms. The Morgan fingerprint density at radius 3 is 2.52 bits per heavy atom. The fraction of sp³-hybridized carbons (Fsp3) is 0.381. The number of carbonyl (C=O) groups excluding carboxylic acids is 1. The SMILES string of the molecule is CC1CC[NH+](Cc2c(O)ccc(C(=O)Cc3ccccc3)c2[O-])CC1. The molecule has 1 fully saturated rings. The zero-order valence-electron chi connectivity index (χ0n) is 14.6. The molecule has 2 N–H and O–H groups in total. The van der Waals surface area contributed by atoms with Crippen molar-refractivity contribution >= 4 is 5.78 Å². The number of phenols is 1. The van der Waals surface area contributed by atoms with Crippen molar-refractivity contribution in [3.05, 3.63) is 59.2 Å². The molecule has 1 aliphatic heterocycles. The molecule has 4 heteroatoms. The van der Waals surface area contributed by atoms with Crippen LogP contribution in [0.15, 0.2) is 42.5 Å². The molecule has 2 aromatic rings. The summed E-state index contributed by atoms with van der Waals surface area (Å²) in [6, 6.07) is 12.4. The minimum atomic E-state index is -0.313. The lowest BCUT2D eigenvalue weighted by atomic mass is 9.97. The van der Waals surface area contributed by atoms with Crippen LogP contribution in [0.5, 0.6) is 11.5 Å². The molecule has 2 aromatic carbocycles. The summed E-state index contributed by atoms with van der Waals surface area (Å²) < 4.78 is 0. The smallest absolute Gasteiger partial charge is 0.166 e. The number of Topliss-reactive ketones (excluding diaryl/α,β-unsaturated/α-hetero) is 1. The standard InChI is InChI=1S/C21H25NO3/c1-15-9-11-22(12-10-15)14-18-19(23)8-7-17(21(18)25)20(24)13-16-5-3-2-4-6-16/h2-8,15,23,25H,9-14H2,1H3. The monoisotopic (exact) mass is 339 g/mol. The Bertz CT molecular complexity index is 734. The summed E-state index contributed by atoms with van der Waals surface area (Å²) in [5.74, 6) is 0.224. The first-order valence-electron chi connectivity index (χ1n) is 8.97. The van der Waals surface area contributed by atoms with Crippen LogP contribution in [0.25, 0.3) is 0 Å². The molecule has 1 aliphatic rings. The van der Waals surface area contributed by atoms with Crippen LogP contribution in [0, 0.1) is 5.92 Å². The van der Waals surface area contributed by atoms with Gasteiger partial charge >= 0.3 is 0 Å². The maximum Gasteiger partial charge on any atom is 0.166 e. The van der Waals surface area contributed by atoms with Crippen molar-refractivity contribution in [2.45, 2.75) is 32.7 Å². The third-order valence-electron chi connectivity index (χ3n) is 5.15. The molecule has 0 atom stereocenters.